The molecule has 0 unspecified atom stereocenters. The van der Waals surface area contributed by atoms with E-state index in [2.05, 4.69) is 6.58 Å². The van der Waals surface area contributed by atoms with Gasteiger partial charge in [-0.15, -0.1) is 0 Å². The largest absolute Gasteiger partial charge is 0.497 e. The summed E-state index contributed by atoms with van der Waals surface area (Å²) in [5.41, 5.74) is 0.937. The molecule has 0 saturated carbocycles. The Kier molecular flexibility index (Phi) is 6.22. The van der Waals surface area contributed by atoms with Gasteiger partial charge in [0.1, 0.15) is 5.75 Å². The van der Waals surface area contributed by atoms with Crippen molar-refractivity contribution in [2.45, 2.75) is 12.8 Å². The van der Waals surface area contributed by atoms with Crippen LogP contribution in [0.25, 0.3) is 0 Å². The number of halogens is 1. The maximum atomic E-state index is 10.6. The normalized spacial score (nSPS) is 10.0. The summed E-state index contributed by atoms with van der Waals surface area (Å²) in [5.74, 6) is -0.0452. The van der Waals surface area contributed by atoms with E-state index in [0.717, 1.165) is 11.4 Å². The van der Waals surface area contributed by atoms with Crippen LogP contribution in [0.5, 0.6) is 5.75 Å². The molecule has 0 bridgehead atoms. The molecule has 1 rings (SSSR count). The quantitative estimate of drug-likeness (QED) is 0.796. The highest BCUT2D eigenvalue weighted by molar-refractivity contribution is 6.29. The first-order chi connectivity index (χ1) is 9.02. The lowest BCUT2D eigenvalue weighted by molar-refractivity contribution is -0.137. The van der Waals surface area contributed by atoms with Crippen LogP contribution in [0, 0.1) is 0 Å². The van der Waals surface area contributed by atoms with Crippen LogP contribution in [-0.2, 0) is 4.79 Å². The third-order valence-electron chi connectivity index (χ3n) is 2.60. The lowest BCUT2D eigenvalue weighted by atomic mass is 10.2. The van der Waals surface area contributed by atoms with Gasteiger partial charge in [0.2, 0.25) is 0 Å². The van der Waals surface area contributed by atoms with Crippen molar-refractivity contribution < 1.29 is 14.6 Å². The Morgan fingerprint density at radius 2 is 2.26 bits per heavy atom. The van der Waals surface area contributed by atoms with Crippen LogP contribution in [0.3, 0.4) is 0 Å². The van der Waals surface area contributed by atoms with Crippen molar-refractivity contribution in [3.63, 3.8) is 0 Å². The predicted octanol–water partition coefficient (Wildman–Crippen LogP) is 3.12. The second-order valence-corrected chi connectivity index (χ2v) is 4.67. The van der Waals surface area contributed by atoms with Crippen molar-refractivity contribution in [1.29, 1.82) is 0 Å². The molecule has 4 nitrogen and oxygen atoms in total. The zero-order chi connectivity index (χ0) is 14.3. The third kappa shape index (κ3) is 5.66. The van der Waals surface area contributed by atoms with E-state index < -0.39 is 5.97 Å². The van der Waals surface area contributed by atoms with E-state index in [9.17, 15) is 4.79 Å². The summed E-state index contributed by atoms with van der Waals surface area (Å²) in [7, 11) is 1.61. The zero-order valence-electron chi connectivity index (χ0n) is 10.9. The first kappa shape index (κ1) is 15.4. The van der Waals surface area contributed by atoms with Crippen LogP contribution in [-0.4, -0.2) is 31.3 Å². The van der Waals surface area contributed by atoms with E-state index >= 15 is 0 Å². The Morgan fingerprint density at radius 3 is 2.84 bits per heavy atom. The number of ether oxygens (including phenoxy) is 1. The molecule has 0 aliphatic rings. The van der Waals surface area contributed by atoms with Crippen LogP contribution in [0.1, 0.15) is 12.8 Å². The number of hydrogen-bond donors (Lipinski definition) is 1. The molecular formula is C14H18ClNO3. The monoisotopic (exact) mass is 283 g/mol. The minimum absolute atomic E-state index is 0.134. The number of rotatable bonds is 8. The molecule has 1 N–H and O–H groups in total. The summed E-state index contributed by atoms with van der Waals surface area (Å²) in [6.45, 7) is 4.77. The number of hydrogen-bond acceptors (Lipinski definition) is 3. The molecule has 5 heteroatoms. The molecular weight excluding hydrogens is 266 g/mol. The smallest absolute Gasteiger partial charge is 0.303 e. The molecule has 104 valence electrons. The van der Waals surface area contributed by atoms with Crippen molar-refractivity contribution in [2.24, 2.45) is 0 Å². The number of carboxylic acid groups (broad SMARTS) is 1. The van der Waals surface area contributed by atoms with Gasteiger partial charge >= 0.3 is 5.97 Å². The number of carbonyl (C=O) groups is 1. The van der Waals surface area contributed by atoms with Crippen LogP contribution in [0.2, 0.25) is 0 Å². The molecule has 0 aliphatic heterocycles. The van der Waals surface area contributed by atoms with E-state index in [1.165, 1.54) is 0 Å². The highest BCUT2D eigenvalue weighted by Gasteiger charge is 2.09. The molecule has 0 saturated heterocycles. The van der Waals surface area contributed by atoms with Gasteiger partial charge in [-0.05, 0) is 18.6 Å². The number of nitrogens with zero attached hydrogens (tertiary/aromatic N) is 1. The van der Waals surface area contributed by atoms with Crippen molar-refractivity contribution in [3.05, 3.63) is 35.9 Å². The second-order valence-electron chi connectivity index (χ2n) is 4.14. The molecule has 1 aromatic rings. The Bertz CT molecular complexity index is 448. The topological polar surface area (TPSA) is 49.8 Å². The zero-order valence-corrected chi connectivity index (χ0v) is 11.7. The molecule has 0 radical (unpaired) electrons. The SMILES string of the molecule is C=C(Cl)CN(CCCC(=O)O)c1cccc(OC)c1. The molecule has 0 fully saturated rings. The fraction of sp³-hybridized carbons (Fsp3) is 0.357. The number of anilines is 1. The lowest BCUT2D eigenvalue weighted by Crippen LogP contribution is -2.26. The maximum absolute atomic E-state index is 10.6. The standard InChI is InChI=1S/C14H18ClNO3/c1-11(15)10-16(8-4-7-14(17)18)12-5-3-6-13(9-12)19-2/h3,5-6,9H,1,4,7-8,10H2,2H3,(H,17,18). The van der Waals surface area contributed by atoms with Crippen molar-refractivity contribution in [3.8, 4) is 5.75 Å². The number of aliphatic carboxylic acids is 1. The summed E-state index contributed by atoms with van der Waals surface area (Å²) in [5, 5.41) is 9.19. The molecule has 0 heterocycles. The van der Waals surface area contributed by atoms with E-state index in [1.807, 2.05) is 29.2 Å². The van der Waals surface area contributed by atoms with Crippen molar-refractivity contribution >= 4 is 23.3 Å². The molecule has 0 spiro atoms. The maximum Gasteiger partial charge on any atom is 0.303 e. The molecule has 0 aliphatic carbocycles. The summed E-state index contributed by atoms with van der Waals surface area (Å²) >= 11 is 5.85. The highest BCUT2D eigenvalue weighted by Crippen LogP contribution is 2.22. The molecule has 0 atom stereocenters. The minimum atomic E-state index is -0.796. The van der Waals surface area contributed by atoms with Crippen molar-refractivity contribution in [2.75, 3.05) is 25.1 Å². The fourth-order valence-corrected chi connectivity index (χ4v) is 1.88. The van der Waals surface area contributed by atoms with E-state index in [1.54, 1.807) is 7.11 Å². The molecule has 19 heavy (non-hydrogen) atoms. The van der Waals surface area contributed by atoms with Gasteiger partial charge < -0.3 is 14.7 Å². The second kappa shape index (κ2) is 7.69. The van der Waals surface area contributed by atoms with Crippen LogP contribution in [0.15, 0.2) is 35.9 Å². The van der Waals surface area contributed by atoms with Gasteiger partial charge in [0.05, 0.1) is 13.7 Å². The van der Waals surface area contributed by atoms with E-state index in [-0.39, 0.29) is 6.42 Å². The number of methoxy groups -OCH3 is 1. The van der Waals surface area contributed by atoms with Gasteiger partial charge in [-0.2, -0.15) is 0 Å². The average Bonchev–Trinajstić information content (AvgIpc) is 2.37. The summed E-state index contributed by atoms with van der Waals surface area (Å²) in [6, 6.07) is 7.56. The average molecular weight is 284 g/mol. The minimum Gasteiger partial charge on any atom is -0.497 e. The van der Waals surface area contributed by atoms with Gasteiger partial charge in [0.25, 0.3) is 0 Å². The molecule has 1 aromatic carbocycles. The van der Waals surface area contributed by atoms with Crippen molar-refractivity contribution in [1.82, 2.24) is 0 Å². The predicted molar refractivity (Wildman–Crippen MR) is 77.1 cm³/mol. The van der Waals surface area contributed by atoms with Gasteiger partial charge in [0, 0.05) is 29.8 Å². The highest BCUT2D eigenvalue weighted by atomic mass is 35.5. The Balaban J connectivity index is 2.76. The Morgan fingerprint density at radius 1 is 1.53 bits per heavy atom. The number of benzene rings is 1. The summed E-state index contributed by atoms with van der Waals surface area (Å²) in [6.07, 6.45) is 0.686. The van der Waals surface area contributed by atoms with Crippen LogP contribution < -0.4 is 9.64 Å². The summed E-state index contributed by atoms with van der Waals surface area (Å²) < 4.78 is 5.18. The van der Waals surface area contributed by atoms with Gasteiger partial charge in [-0.1, -0.05) is 24.2 Å². The lowest BCUT2D eigenvalue weighted by Gasteiger charge is -2.24. The summed E-state index contributed by atoms with van der Waals surface area (Å²) in [4.78, 5) is 12.5. The third-order valence-corrected chi connectivity index (χ3v) is 2.72. The molecule has 0 aromatic heterocycles. The molecule has 0 amide bonds. The Labute approximate surface area is 118 Å². The van der Waals surface area contributed by atoms with Crippen LogP contribution in [0.4, 0.5) is 5.69 Å². The van der Waals surface area contributed by atoms with E-state index in [4.69, 9.17) is 21.4 Å². The number of carboxylic acids is 1. The van der Waals surface area contributed by atoms with E-state index in [0.29, 0.717) is 24.5 Å². The van der Waals surface area contributed by atoms with Gasteiger partial charge in [-0.25, -0.2) is 0 Å². The fourth-order valence-electron chi connectivity index (χ4n) is 1.73. The van der Waals surface area contributed by atoms with Gasteiger partial charge in [0.15, 0.2) is 0 Å². The first-order valence-corrected chi connectivity index (χ1v) is 6.35. The van der Waals surface area contributed by atoms with Gasteiger partial charge in [-0.3, -0.25) is 4.79 Å². The Hall–Kier alpha value is -1.68. The first-order valence-electron chi connectivity index (χ1n) is 5.97. The van der Waals surface area contributed by atoms with Crippen LogP contribution >= 0.6 is 11.6 Å².